The first kappa shape index (κ1) is 18.5. The van der Waals surface area contributed by atoms with Crippen LogP contribution in [0, 0.1) is 11.8 Å². The van der Waals surface area contributed by atoms with E-state index in [1.807, 2.05) is 18.2 Å². The summed E-state index contributed by atoms with van der Waals surface area (Å²) in [5, 5.41) is 15.6. The van der Waals surface area contributed by atoms with Crippen molar-refractivity contribution in [1.82, 2.24) is 4.90 Å². The van der Waals surface area contributed by atoms with E-state index in [4.69, 9.17) is 0 Å². The Morgan fingerprint density at radius 3 is 2.57 bits per heavy atom. The summed E-state index contributed by atoms with van der Waals surface area (Å²) < 4.78 is 0. The van der Waals surface area contributed by atoms with Gasteiger partial charge >= 0.3 is 12.0 Å². The molecule has 146 valence electrons. The highest BCUT2D eigenvalue weighted by atomic mass is 32.1. The number of urea groups is 1. The summed E-state index contributed by atoms with van der Waals surface area (Å²) in [7, 11) is 0. The number of carboxylic acids is 1. The lowest BCUT2D eigenvalue weighted by Crippen LogP contribution is -2.43. The number of hydrogen-bond acceptors (Lipinski definition) is 4. The van der Waals surface area contributed by atoms with Crippen molar-refractivity contribution in [2.24, 2.45) is 11.8 Å². The number of carboxylic acid groups (broad SMARTS) is 1. The smallest absolute Gasteiger partial charge is 0.326 e. The van der Waals surface area contributed by atoms with Gasteiger partial charge < -0.3 is 15.3 Å². The van der Waals surface area contributed by atoms with Gasteiger partial charge in [-0.05, 0) is 48.9 Å². The Balaban J connectivity index is 1.43. The van der Waals surface area contributed by atoms with Crippen LogP contribution in [0.3, 0.4) is 0 Å². The van der Waals surface area contributed by atoms with Gasteiger partial charge in [-0.1, -0.05) is 24.6 Å². The maximum absolute atomic E-state index is 12.9. The number of likely N-dealkylation sites (tertiary alicyclic amines) is 1. The number of benzene rings is 1. The molecule has 0 spiro atoms. The molecule has 1 aliphatic heterocycles. The average Bonchev–Trinajstić information content (AvgIpc) is 3.37. The van der Waals surface area contributed by atoms with Crippen LogP contribution in [0.4, 0.5) is 15.5 Å². The third-order valence-electron chi connectivity index (χ3n) is 5.49. The first-order valence-corrected chi connectivity index (χ1v) is 10.1. The SMILES string of the molecule is O=C(Nc1ccccc1)Nc1ccc(C(=O)N2CC3CCCC3C2C(=O)O)s1. The van der Waals surface area contributed by atoms with Gasteiger partial charge in [-0.25, -0.2) is 9.59 Å². The number of anilines is 2. The quantitative estimate of drug-likeness (QED) is 0.730. The second kappa shape index (κ2) is 7.63. The molecule has 1 aromatic heterocycles. The Morgan fingerprint density at radius 2 is 1.82 bits per heavy atom. The van der Waals surface area contributed by atoms with E-state index < -0.39 is 18.0 Å². The van der Waals surface area contributed by atoms with Crippen LogP contribution < -0.4 is 10.6 Å². The summed E-state index contributed by atoms with van der Waals surface area (Å²) in [4.78, 5) is 38.7. The number of nitrogens with zero attached hydrogens (tertiary/aromatic N) is 1. The van der Waals surface area contributed by atoms with E-state index in [9.17, 15) is 19.5 Å². The highest BCUT2D eigenvalue weighted by molar-refractivity contribution is 7.18. The Morgan fingerprint density at radius 1 is 1.04 bits per heavy atom. The van der Waals surface area contributed by atoms with Crippen molar-refractivity contribution in [2.45, 2.75) is 25.3 Å². The summed E-state index contributed by atoms with van der Waals surface area (Å²) in [6.07, 6.45) is 2.88. The molecule has 2 heterocycles. The van der Waals surface area contributed by atoms with Gasteiger partial charge in [-0.15, -0.1) is 11.3 Å². The van der Waals surface area contributed by atoms with Gasteiger partial charge in [0.25, 0.3) is 5.91 Å². The number of hydrogen-bond donors (Lipinski definition) is 3. The number of fused-ring (bicyclic) bond motifs is 1. The van der Waals surface area contributed by atoms with Crippen LogP contribution in [0.25, 0.3) is 0 Å². The van der Waals surface area contributed by atoms with E-state index in [1.54, 1.807) is 24.3 Å². The van der Waals surface area contributed by atoms with Crippen LogP contribution in [-0.4, -0.2) is 40.5 Å². The van der Waals surface area contributed by atoms with Crippen LogP contribution in [0.1, 0.15) is 28.9 Å². The van der Waals surface area contributed by atoms with Crippen molar-refractivity contribution >= 4 is 39.9 Å². The zero-order chi connectivity index (χ0) is 19.7. The van der Waals surface area contributed by atoms with Gasteiger partial charge in [-0.3, -0.25) is 10.1 Å². The second-order valence-corrected chi connectivity index (χ2v) is 8.29. The molecule has 3 unspecified atom stereocenters. The molecule has 1 saturated carbocycles. The Hall–Kier alpha value is -2.87. The molecule has 1 saturated heterocycles. The third kappa shape index (κ3) is 3.60. The molecule has 0 bridgehead atoms. The summed E-state index contributed by atoms with van der Waals surface area (Å²) in [6.45, 7) is 0.496. The topological polar surface area (TPSA) is 98.7 Å². The van der Waals surface area contributed by atoms with Gasteiger partial charge in [0.1, 0.15) is 6.04 Å². The van der Waals surface area contributed by atoms with E-state index in [-0.39, 0.29) is 17.7 Å². The molecule has 0 radical (unpaired) electrons. The van der Waals surface area contributed by atoms with Crippen molar-refractivity contribution in [2.75, 3.05) is 17.2 Å². The predicted octanol–water partition coefficient (Wildman–Crippen LogP) is 3.72. The maximum atomic E-state index is 12.9. The largest absolute Gasteiger partial charge is 0.480 e. The van der Waals surface area contributed by atoms with Gasteiger partial charge in [0.05, 0.1) is 9.88 Å². The van der Waals surface area contributed by atoms with Crippen molar-refractivity contribution < 1.29 is 19.5 Å². The summed E-state index contributed by atoms with van der Waals surface area (Å²) in [6, 6.07) is 11.2. The maximum Gasteiger partial charge on any atom is 0.326 e. The van der Waals surface area contributed by atoms with Crippen LogP contribution in [0.2, 0.25) is 0 Å². The minimum atomic E-state index is -0.931. The fourth-order valence-corrected chi connectivity index (χ4v) is 5.15. The number of aliphatic carboxylic acids is 1. The number of nitrogens with one attached hydrogen (secondary N) is 2. The number of carbonyl (C=O) groups is 3. The van der Waals surface area contributed by atoms with Crippen molar-refractivity contribution in [1.29, 1.82) is 0 Å². The lowest BCUT2D eigenvalue weighted by molar-refractivity contribution is -0.142. The first-order valence-electron chi connectivity index (χ1n) is 9.29. The molecule has 3 atom stereocenters. The number of para-hydroxylation sites is 1. The Kier molecular flexibility index (Phi) is 5.04. The third-order valence-corrected chi connectivity index (χ3v) is 6.48. The van der Waals surface area contributed by atoms with E-state index in [0.29, 0.717) is 22.1 Å². The first-order chi connectivity index (χ1) is 13.5. The minimum Gasteiger partial charge on any atom is -0.480 e. The minimum absolute atomic E-state index is 0.0515. The zero-order valence-corrected chi connectivity index (χ0v) is 15.9. The normalized spacial score (nSPS) is 23.3. The molecule has 7 nitrogen and oxygen atoms in total. The molecule has 2 fully saturated rings. The number of rotatable bonds is 4. The van der Waals surface area contributed by atoms with Crippen molar-refractivity contribution in [3.05, 3.63) is 47.3 Å². The lowest BCUT2D eigenvalue weighted by atomic mass is 9.94. The highest BCUT2D eigenvalue weighted by Gasteiger charge is 2.49. The van der Waals surface area contributed by atoms with Gasteiger partial charge in [0.15, 0.2) is 0 Å². The summed E-state index contributed by atoms with van der Waals surface area (Å²) in [5.74, 6) is -0.877. The molecule has 4 rings (SSSR count). The molecule has 1 aliphatic carbocycles. The molecular weight excluding hydrogens is 378 g/mol. The Bertz CT molecular complexity index is 898. The van der Waals surface area contributed by atoms with E-state index in [1.165, 1.54) is 4.90 Å². The number of carbonyl (C=O) groups excluding carboxylic acids is 2. The highest BCUT2D eigenvalue weighted by Crippen LogP contribution is 2.43. The van der Waals surface area contributed by atoms with E-state index in [0.717, 1.165) is 30.6 Å². The average molecular weight is 399 g/mol. The molecule has 2 aliphatic rings. The predicted molar refractivity (Wildman–Crippen MR) is 107 cm³/mol. The second-order valence-electron chi connectivity index (χ2n) is 7.20. The summed E-state index contributed by atoms with van der Waals surface area (Å²) in [5.41, 5.74) is 0.667. The molecule has 3 amide bonds. The lowest BCUT2D eigenvalue weighted by Gasteiger charge is -2.23. The fourth-order valence-electron chi connectivity index (χ4n) is 4.29. The van der Waals surface area contributed by atoms with Gasteiger partial charge in [0.2, 0.25) is 0 Å². The Labute approximate surface area is 166 Å². The molecule has 3 N–H and O–H groups in total. The molecule has 2 aromatic rings. The van der Waals surface area contributed by atoms with Crippen LogP contribution in [0.5, 0.6) is 0 Å². The van der Waals surface area contributed by atoms with Gasteiger partial charge in [0, 0.05) is 12.2 Å². The molecule has 1 aromatic carbocycles. The van der Waals surface area contributed by atoms with Crippen LogP contribution in [-0.2, 0) is 4.79 Å². The molecule has 28 heavy (non-hydrogen) atoms. The number of thiophene rings is 1. The van der Waals surface area contributed by atoms with E-state index >= 15 is 0 Å². The van der Waals surface area contributed by atoms with Crippen molar-refractivity contribution in [3.63, 3.8) is 0 Å². The van der Waals surface area contributed by atoms with E-state index in [2.05, 4.69) is 10.6 Å². The van der Waals surface area contributed by atoms with Crippen LogP contribution >= 0.6 is 11.3 Å². The monoisotopic (exact) mass is 399 g/mol. The number of amides is 3. The molecule has 8 heteroatoms. The standard InChI is InChI=1S/C20H21N3O4S/c24-18(23-11-12-5-4-8-14(12)17(23)19(25)26)15-9-10-16(28-15)22-20(27)21-13-6-2-1-3-7-13/h1-3,6-7,9-10,12,14,17H,4-5,8,11H2,(H,25,26)(H2,21,22,27). The summed E-state index contributed by atoms with van der Waals surface area (Å²) >= 11 is 1.15. The molecular formula is C20H21N3O4S. The fraction of sp³-hybridized carbons (Fsp3) is 0.350. The van der Waals surface area contributed by atoms with Crippen molar-refractivity contribution in [3.8, 4) is 0 Å². The van der Waals surface area contributed by atoms with Gasteiger partial charge in [-0.2, -0.15) is 0 Å². The zero-order valence-electron chi connectivity index (χ0n) is 15.1. The van der Waals surface area contributed by atoms with Crippen LogP contribution in [0.15, 0.2) is 42.5 Å².